The van der Waals surface area contributed by atoms with Crippen LogP contribution < -0.4 is 0 Å². The molecule has 0 saturated carbocycles. The molecule has 0 fully saturated rings. The lowest BCUT2D eigenvalue weighted by Crippen LogP contribution is -2.09. The van der Waals surface area contributed by atoms with Crippen molar-refractivity contribution in [3.63, 3.8) is 0 Å². The van der Waals surface area contributed by atoms with Gasteiger partial charge in [-0.15, -0.1) is 0 Å². The number of nitrogens with zero attached hydrogens (tertiary/aromatic N) is 4. The van der Waals surface area contributed by atoms with E-state index in [2.05, 4.69) is 10.1 Å². The van der Waals surface area contributed by atoms with Gasteiger partial charge in [0.2, 0.25) is 6.33 Å². The van der Waals surface area contributed by atoms with Gasteiger partial charge in [-0.25, -0.2) is 0 Å². The number of nitro groups is 1. The van der Waals surface area contributed by atoms with Crippen LogP contribution in [0.1, 0.15) is 11.7 Å². The standard InChI is InChI=1S/C10H9ClN4O3/c11-8-3-1-2-7(4-8)9(16)5-14-6-12-10(13-14)15(17)18/h1-4,6,9,16H,5H2/t9-/m0/s1. The summed E-state index contributed by atoms with van der Waals surface area (Å²) in [6, 6.07) is 6.74. The molecule has 8 heteroatoms. The first-order valence-corrected chi connectivity index (χ1v) is 5.41. The fourth-order valence-corrected chi connectivity index (χ4v) is 1.65. The van der Waals surface area contributed by atoms with Crippen LogP contribution in [0.4, 0.5) is 5.95 Å². The van der Waals surface area contributed by atoms with Gasteiger partial charge in [-0.05, 0) is 22.6 Å². The first-order valence-electron chi connectivity index (χ1n) is 5.03. The summed E-state index contributed by atoms with van der Waals surface area (Å²) in [4.78, 5) is 13.2. The van der Waals surface area contributed by atoms with E-state index >= 15 is 0 Å². The molecule has 0 spiro atoms. The maximum absolute atomic E-state index is 10.4. The molecule has 1 aromatic heterocycles. The average molecular weight is 269 g/mol. The van der Waals surface area contributed by atoms with E-state index in [-0.39, 0.29) is 6.54 Å². The van der Waals surface area contributed by atoms with Gasteiger partial charge in [0.15, 0.2) is 0 Å². The predicted molar refractivity (Wildman–Crippen MR) is 63.1 cm³/mol. The van der Waals surface area contributed by atoms with Crippen molar-refractivity contribution in [3.8, 4) is 0 Å². The van der Waals surface area contributed by atoms with Gasteiger partial charge in [0.05, 0.1) is 6.54 Å². The van der Waals surface area contributed by atoms with Crippen LogP contribution in [-0.4, -0.2) is 24.8 Å². The Labute approximate surface area is 107 Å². The van der Waals surface area contributed by atoms with Crippen LogP contribution >= 0.6 is 11.6 Å². The third-order valence-corrected chi connectivity index (χ3v) is 2.52. The van der Waals surface area contributed by atoms with E-state index in [0.717, 1.165) is 0 Å². The molecule has 0 aliphatic carbocycles. The Balaban J connectivity index is 2.11. The van der Waals surface area contributed by atoms with Gasteiger partial charge in [0.25, 0.3) is 0 Å². The Morgan fingerprint density at radius 3 is 2.94 bits per heavy atom. The Morgan fingerprint density at radius 2 is 2.33 bits per heavy atom. The number of hydrogen-bond donors (Lipinski definition) is 1. The van der Waals surface area contributed by atoms with E-state index in [1.165, 1.54) is 11.0 Å². The van der Waals surface area contributed by atoms with Crippen LogP contribution in [0, 0.1) is 10.1 Å². The summed E-state index contributed by atoms with van der Waals surface area (Å²) in [7, 11) is 0. The van der Waals surface area contributed by atoms with Crippen LogP contribution in [0.25, 0.3) is 0 Å². The van der Waals surface area contributed by atoms with Crippen LogP contribution in [0.2, 0.25) is 5.02 Å². The second-order valence-electron chi connectivity index (χ2n) is 3.59. The summed E-state index contributed by atoms with van der Waals surface area (Å²) in [5.41, 5.74) is 0.612. The highest BCUT2D eigenvalue weighted by Crippen LogP contribution is 2.19. The lowest BCUT2D eigenvalue weighted by Gasteiger charge is -2.09. The number of aliphatic hydroxyl groups excluding tert-OH is 1. The van der Waals surface area contributed by atoms with E-state index in [4.69, 9.17) is 11.6 Å². The van der Waals surface area contributed by atoms with E-state index in [1.807, 2.05) is 0 Å². The largest absolute Gasteiger partial charge is 0.490 e. The van der Waals surface area contributed by atoms with Crippen LogP contribution in [-0.2, 0) is 6.54 Å². The van der Waals surface area contributed by atoms with Crippen molar-refractivity contribution in [1.82, 2.24) is 14.8 Å². The molecule has 94 valence electrons. The minimum Gasteiger partial charge on any atom is -0.390 e. The highest BCUT2D eigenvalue weighted by Gasteiger charge is 2.16. The van der Waals surface area contributed by atoms with Crippen molar-refractivity contribution in [2.75, 3.05) is 0 Å². The number of hydrogen-bond acceptors (Lipinski definition) is 5. The zero-order valence-electron chi connectivity index (χ0n) is 9.10. The SMILES string of the molecule is O=[N+]([O-])c1ncn(C[C@H](O)c2cccc(Cl)c2)n1. The lowest BCUT2D eigenvalue weighted by atomic mass is 10.1. The lowest BCUT2D eigenvalue weighted by molar-refractivity contribution is -0.394. The smallest absolute Gasteiger partial charge is 0.390 e. The summed E-state index contributed by atoms with van der Waals surface area (Å²) >= 11 is 5.80. The number of rotatable bonds is 4. The van der Waals surface area contributed by atoms with Gasteiger partial charge in [-0.1, -0.05) is 28.7 Å². The molecule has 7 nitrogen and oxygen atoms in total. The summed E-state index contributed by atoms with van der Waals surface area (Å²) in [6.07, 6.45) is 0.344. The summed E-state index contributed by atoms with van der Waals surface area (Å²) in [5.74, 6) is -0.492. The minimum atomic E-state index is -0.856. The Kier molecular flexibility index (Phi) is 3.54. The van der Waals surface area contributed by atoms with Crippen molar-refractivity contribution >= 4 is 17.5 Å². The van der Waals surface area contributed by atoms with Gasteiger partial charge in [-0.2, -0.15) is 4.68 Å². The maximum atomic E-state index is 10.4. The van der Waals surface area contributed by atoms with Gasteiger partial charge in [0.1, 0.15) is 6.10 Å². The molecule has 1 heterocycles. The number of aliphatic hydroxyl groups is 1. The van der Waals surface area contributed by atoms with E-state index < -0.39 is 17.0 Å². The van der Waals surface area contributed by atoms with E-state index in [0.29, 0.717) is 10.6 Å². The first kappa shape index (κ1) is 12.5. The summed E-state index contributed by atoms with van der Waals surface area (Å²) in [6.45, 7) is 0.0706. The molecule has 0 unspecified atom stereocenters. The summed E-state index contributed by atoms with van der Waals surface area (Å²) in [5, 5.41) is 24.5. The Morgan fingerprint density at radius 1 is 1.56 bits per heavy atom. The average Bonchev–Trinajstić information content (AvgIpc) is 2.77. The van der Waals surface area contributed by atoms with Gasteiger partial charge in [0, 0.05) is 10.1 Å². The third kappa shape index (κ3) is 2.82. The monoisotopic (exact) mass is 268 g/mol. The second kappa shape index (κ2) is 5.11. The van der Waals surface area contributed by atoms with Gasteiger partial charge < -0.3 is 15.2 Å². The molecule has 0 aliphatic rings. The van der Waals surface area contributed by atoms with Crippen LogP contribution in [0.15, 0.2) is 30.6 Å². The fraction of sp³-hybridized carbons (Fsp3) is 0.200. The zero-order chi connectivity index (χ0) is 13.1. The topological polar surface area (TPSA) is 94.1 Å². The fourth-order valence-electron chi connectivity index (χ4n) is 1.45. The molecule has 0 aliphatic heterocycles. The van der Waals surface area contributed by atoms with Crippen molar-refractivity contribution < 1.29 is 10.0 Å². The molecule has 0 amide bonds. The molecule has 1 atom stereocenters. The minimum absolute atomic E-state index is 0.0706. The maximum Gasteiger partial charge on any atom is 0.490 e. The van der Waals surface area contributed by atoms with Gasteiger partial charge in [-0.3, -0.25) is 0 Å². The second-order valence-corrected chi connectivity index (χ2v) is 4.03. The molecular formula is C10H9ClN4O3. The number of benzene rings is 1. The Bertz CT molecular complexity index is 572. The van der Waals surface area contributed by atoms with E-state index in [9.17, 15) is 15.2 Å². The predicted octanol–water partition coefficient (Wildman–Crippen LogP) is 1.57. The normalized spacial score (nSPS) is 12.3. The summed E-state index contributed by atoms with van der Waals surface area (Å²) < 4.78 is 1.21. The molecule has 2 rings (SSSR count). The van der Waals surface area contributed by atoms with Crippen molar-refractivity contribution in [2.45, 2.75) is 12.6 Å². The van der Waals surface area contributed by atoms with E-state index in [1.54, 1.807) is 24.3 Å². The van der Waals surface area contributed by atoms with Crippen LogP contribution in [0.5, 0.6) is 0 Å². The molecule has 2 aromatic rings. The molecule has 0 saturated heterocycles. The quantitative estimate of drug-likeness (QED) is 0.671. The third-order valence-electron chi connectivity index (χ3n) is 2.28. The van der Waals surface area contributed by atoms with Crippen molar-refractivity contribution in [3.05, 3.63) is 51.3 Å². The number of halogens is 1. The highest BCUT2D eigenvalue weighted by molar-refractivity contribution is 6.30. The van der Waals surface area contributed by atoms with Crippen LogP contribution in [0.3, 0.4) is 0 Å². The zero-order valence-corrected chi connectivity index (χ0v) is 9.86. The molecule has 1 N–H and O–H groups in total. The Hall–Kier alpha value is -1.99. The molecule has 0 radical (unpaired) electrons. The van der Waals surface area contributed by atoms with Crippen molar-refractivity contribution in [2.24, 2.45) is 0 Å². The van der Waals surface area contributed by atoms with Crippen molar-refractivity contribution in [1.29, 1.82) is 0 Å². The highest BCUT2D eigenvalue weighted by atomic mass is 35.5. The molecule has 18 heavy (non-hydrogen) atoms. The first-order chi connectivity index (χ1) is 8.56. The molecule has 1 aromatic carbocycles. The number of aromatic nitrogens is 3. The molecular weight excluding hydrogens is 260 g/mol. The molecule has 0 bridgehead atoms. The van der Waals surface area contributed by atoms with Gasteiger partial charge >= 0.3 is 5.95 Å².